The highest BCUT2D eigenvalue weighted by Gasteiger charge is 2.25. The first-order chi connectivity index (χ1) is 26.0. The van der Waals surface area contributed by atoms with Gasteiger partial charge in [0.15, 0.2) is 12.6 Å². The number of anilines is 1. The van der Waals surface area contributed by atoms with Gasteiger partial charge < -0.3 is 20.1 Å². The predicted molar refractivity (Wildman–Crippen MR) is 214 cm³/mol. The Morgan fingerprint density at radius 3 is 1.74 bits per heavy atom. The molecule has 0 aliphatic rings. The van der Waals surface area contributed by atoms with Crippen molar-refractivity contribution in [3.05, 3.63) is 137 Å². The first kappa shape index (κ1) is 39.2. The monoisotopic (exact) mass is 724 g/mol. The molecular formula is C46H48N2O6. The largest absolute Gasteiger partial charge is 0.457 e. The van der Waals surface area contributed by atoms with E-state index < -0.39 is 11.4 Å². The number of carbonyl (C=O) groups excluding carboxylic acids is 4. The second-order valence-corrected chi connectivity index (χ2v) is 14.0. The van der Waals surface area contributed by atoms with Gasteiger partial charge in [0.1, 0.15) is 23.0 Å². The average molecular weight is 725 g/mol. The van der Waals surface area contributed by atoms with E-state index in [9.17, 15) is 19.2 Å². The molecule has 0 saturated carbocycles. The molecule has 0 saturated heterocycles. The highest BCUT2D eigenvalue weighted by Crippen LogP contribution is 2.35. The first-order valence-corrected chi connectivity index (χ1v) is 18.5. The van der Waals surface area contributed by atoms with Crippen LogP contribution >= 0.6 is 0 Å². The van der Waals surface area contributed by atoms with Crippen molar-refractivity contribution in [2.24, 2.45) is 0 Å². The third-order valence-corrected chi connectivity index (χ3v) is 10.6. The normalized spacial score (nSPS) is 11.4. The molecule has 5 rings (SSSR count). The van der Waals surface area contributed by atoms with Crippen LogP contribution in [0.2, 0.25) is 0 Å². The number of benzene rings is 5. The number of ether oxygens (including phenoxy) is 2. The van der Waals surface area contributed by atoms with E-state index in [1.807, 2.05) is 57.2 Å². The molecule has 5 aromatic rings. The molecule has 0 spiro atoms. The third kappa shape index (κ3) is 9.12. The number of hydrogen-bond acceptors (Lipinski definition) is 6. The summed E-state index contributed by atoms with van der Waals surface area (Å²) < 4.78 is 12.4. The maximum absolute atomic E-state index is 13.5. The molecule has 0 bridgehead atoms. The van der Waals surface area contributed by atoms with Crippen LogP contribution in [-0.4, -0.2) is 29.9 Å². The molecule has 0 radical (unpaired) electrons. The zero-order valence-electron chi connectivity index (χ0n) is 31.8. The van der Waals surface area contributed by atoms with Gasteiger partial charge in [0.05, 0.1) is 11.1 Å². The minimum Gasteiger partial charge on any atom is -0.457 e. The zero-order chi connectivity index (χ0) is 38.9. The molecule has 54 heavy (non-hydrogen) atoms. The lowest BCUT2D eigenvalue weighted by Gasteiger charge is -2.28. The molecule has 5 aromatic carbocycles. The Kier molecular flexibility index (Phi) is 12.5. The summed E-state index contributed by atoms with van der Waals surface area (Å²) in [6.07, 6.45) is 4.79. The fourth-order valence-electron chi connectivity index (χ4n) is 6.15. The van der Waals surface area contributed by atoms with Crippen LogP contribution in [0.5, 0.6) is 23.0 Å². The lowest BCUT2D eigenvalue weighted by molar-refractivity contribution is 0.0896. The van der Waals surface area contributed by atoms with E-state index in [0.717, 1.165) is 31.4 Å². The van der Waals surface area contributed by atoms with Crippen LogP contribution in [0.25, 0.3) is 11.1 Å². The maximum Gasteiger partial charge on any atom is 0.256 e. The van der Waals surface area contributed by atoms with Gasteiger partial charge >= 0.3 is 0 Å². The zero-order valence-corrected chi connectivity index (χ0v) is 31.8. The summed E-state index contributed by atoms with van der Waals surface area (Å²) >= 11 is 0. The van der Waals surface area contributed by atoms with Crippen LogP contribution in [0.3, 0.4) is 0 Å². The average Bonchev–Trinajstić information content (AvgIpc) is 3.20. The molecule has 2 N–H and O–H groups in total. The molecule has 0 aliphatic heterocycles. The van der Waals surface area contributed by atoms with Gasteiger partial charge in [0.25, 0.3) is 11.8 Å². The number of amides is 2. The van der Waals surface area contributed by atoms with E-state index in [0.29, 0.717) is 46.6 Å². The molecule has 0 unspecified atom stereocenters. The quantitative estimate of drug-likeness (QED) is 0.0980. The fraction of sp³-hybridized carbons (Fsp3) is 0.261. The molecule has 8 heteroatoms. The molecule has 0 heterocycles. The Balaban J connectivity index is 1.30. The Morgan fingerprint density at radius 2 is 1.13 bits per heavy atom. The molecule has 0 fully saturated rings. The summed E-state index contributed by atoms with van der Waals surface area (Å²) in [6, 6.07) is 32.3. The van der Waals surface area contributed by atoms with Gasteiger partial charge in [-0.05, 0) is 109 Å². The Bertz CT molecular complexity index is 2150. The first-order valence-electron chi connectivity index (χ1n) is 18.5. The predicted octanol–water partition coefficient (Wildman–Crippen LogP) is 11.2. The van der Waals surface area contributed by atoms with Gasteiger partial charge in [-0.15, -0.1) is 0 Å². The summed E-state index contributed by atoms with van der Waals surface area (Å²) in [6.45, 7) is 12.6. The van der Waals surface area contributed by atoms with Gasteiger partial charge in [0, 0.05) is 34.5 Å². The summed E-state index contributed by atoms with van der Waals surface area (Å²) in [5.74, 6) is 1.61. The molecule has 0 aromatic heterocycles. The molecule has 8 nitrogen and oxygen atoms in total. The van der Waals surface area contributed by atoms with Crippen LogP contribution in [0.4, 0.5) is 5.69 Å². The standard InChI is InChI=1S/C46H48N2O6/c1-7-45(5,8-2)35-14-11-16-37(26-35)53-39-18-13-19-40(28-39)54-38-17-12-15-36(27-38)47-43(51)41-23-22-31(24-34(41)30-50)32-20-21-33(29-49)42(25-32)44(52)48-46(6,9-3)10-4/h11-30H,7-10H2,1-6H3,(H,47,51)(H,48,52). The number of rotatable bonds is 16. The third-order valence-electron chi connectivity index (χ3n) is 10.6. The van der Waals surface area contributed by atoms with Crippen molar-refractivity contribution in [1.82, 2.24) is 5.32 Å². The smallest absolute Gasteiger partial charge is 0.256 e. The van der Waals surface area contributed by atoms with E-state index >= 15 is 0 Å². The summed E-state index contributed by atoms with van der Waals surface area (Å²) in [7, 11) is 0. The van der Waals surface area contributed by atoms with Crippen molar-refractivity contribution in [3.8, 4) is 34.1 Å². The number of hydrogen-bond donors (Lipinski definition) is 2. The second kappa shape index (κ2) is 17.2. The van der Waals surface area contributed by atoms with E-state index in [2.05, 4.69) is 43.5 Å². The van der Waals surface area contributed by atoms with E-state index in [1.165, 1.54) is 5.56 Å². The minimum atomic E-state index is -0.476. The number of carbonyl (C=O) groups is 4. The Labute approximate surface area is 317 Å². The van der Waals surface area contributed by atoms with Gasteiger partial charge in [-0.1, -0.05) is 77.1 Å². The lowest BCUT2D eigenvalue weighted by Crippen LogP contribution is -2.45. The van der Waals surface area contributed by atoms with Crippen molar-refractivity contribution in [1.29, 1.82) is 0 Å². The fourth-order valence-corrected chi connectivity index (χ4v) is 6.15. The van der Waals surface area contributed by atoms with Gasteiger partial charge in [0.2, 0.25) is 0 Å². The van der Waals surface area contributed by atoms with Crippen LogP contribution in [0.15, 0.2) is 109 Å². The Hall–Kier alpha value is -6.02. The summed E-state index contributed by atoms with van der Waals surface area (Å²) in [4.78, 5) is 50.7. The van der Waals surface area contributed by atoms with Crippen molar-refractivity contribution < 1.29 is 28.7 Å². The van der Waals surface area contributed by atoms with Gasteiger partial charge in [-0.3, -0.25) is 19.2 Å². The van der Waals surface area contributed by atoms with Crippen molar-refractivity contribution in [2.45, 2.75) is 78.2 Å². The topological polar surface area (TPSA) is 111 Å². The molecule has 278 valence electrons. The summed E-state index contributed by atoms with van der Waals surface area (Å²) in [5.41, 5.74) is 3.45. The van der Waals surface area contributed by atoms with Crippen molar-refractivity contribution in [2.75, 3.05) is 5.32 Å². The molecular weight excluding hydrogens is 677 g/mol. The van der Waals surface area contributed by atoms with Crippen molar-refractivity contribution >= 4 is 30.1 Å². The number of aldehydes is 2. The number of nitrogens with one attached hydrogen (secondary N) is 2. The van der Waals surface area contributed by atoms with Crippen LogP contribution in [-0.2, 0) is 5.41 Å². The van der Waals surface area contributed by atoms with Gasteiger partial charge in [-0.2, -0.15) is 0 Å². The van der Waals surface area contributed by atoms with Crippen LogP contribution in [0, 0.1) is 0 Å². The molecule has 2 amide bonds. The highest BCUT2D eigenvalue weighted by molar-refractivity contribution is 6.09. The van der Waals surface area contributed by atoms with Crippen LogP contribution < -0.4 is 20.1 Å². The second-order valence-electron chi connectivity index (χ2n) is 14.0. The minimum absolute atomic E-state index is 0.0741. The van der Waals surface area contributed by atoms with Gasteiger partial charge in [-0.25, -0.2) is 0 Å². The van der Waals surface area contributed by atoms with Crippen LogP contribution in [0.1, 0.15) is 114 Å². The SMILES string of the molecule is CCC(C)(CC)NC(=O)c1cc(-c2ccc(C(=O)Nc3cccc(Oc4cccc(Oc5cccc(C(C)(CC)CC)c5)c4)c3)c(C=O)c2)ccc1C=O. The maximum atomic E-state index is 13.5. The lowest BCUT2D eigenvalue weighted by atomic mass is 9.78. The van der Waals surface area contributed by atoms with E-state index in [4.69, 9.17) is 9.47 Å². The van der Waals surface area contributed by atoms with E-state index in [1.54, 1.807) is 60.7 Å². The molecule has 0 aliphatic carbocycles. The molecule has 0 atom stereocenters. The van der Waals surface area contributed by atoms with Crippen molar-refractivity contribution in [3.63, 3.8) is 0 Å². The Morgan fingerprint density at radius 1 is 0.574 bits per heavy atom. The van der Waals surface area contributed by atoms with E-state index in [-0.39, 0.29) is 33.6 Å². The highest BCUT2D eigenvalue weighted by atomic mass is 16.5. The summed E-state index contributed by atoms with van der Waals surface area (Å²) in [5, 5.41) is 5.92.